The van der Waals surface area contributed by atoms with E-state index >= 15 is 0 Å². The summed E-state index contributed by atoms with van der Waals surface area (Å²) in [6, 6.07) is 7.16. The summed E-state index contributed by atoms with van der Waals surface area (Å²) < 4.78 is 51.8. The molecule has 0 aliphatic heterocycles. The van der Waals surface area contributed by atoms with Gasteiger partial charge in [-0.2, -0.15) is 18.4 Å². The number of hydrogen-bond donors (Lipinski definition) is 0. The molecular weight excluding hydrogens is 343 g/mol. The third kappa shape index (κ3) is 3.32. The molecule has 1 atom stereocenters. The quantitative estimate of drug-likeness (QED) is 0.552. The van der Waals surface area contributed by atoms with Crippen LogP contribution >= 0.6 is 23.2 Å². The molecule has 0 saturated carbocycles. The van der Waals surface area contributed by atoms with Crippen molar-refractivity contribution in [3.63, 3.8) is 0 Å². The molecule has 2 rings (SSSR count). The first-order chi connectivity index (χ1) is 10.2. The molecule has 1 heterocycles. The van der Waals surface area contributed by atoms with Gasteiger partial charge < -0.3 is 0 Å². The molecule has 2 nitrogen and oxygen atoms in total. The van der Waals surface area contributed by atoms with Crippen LogP contribution in [0.5, 0.6) is 0 Å². The minimum Gasteiger partial charge on any atom is -0.239 e. The molecule has 8 heteroatoms. The second-order valence-corrected chi connectivity index (χ2v) is 5.09. The molecule has 0 bridgehead atoms. The van der Waals surface area contributed by atoms with Crippen molar-refractivity contribution in [3.8, 4) is 6.07 Å². The van der Waals surface area contributed by atoms with Crippen molar-refractivity contribution in [2.45, 2.75) is 12.1 Å². The van der Waals surface area contributed by atoms with Crippen molar-refractivity contribution >= 4 is 23.2 Å². The Hall–Kier alpha value is -1.84. The summed E-state index contributed by atoms with van der Waals surface area (Å²) in [5.74, 6) is -1.95. The lowest BCUT2D eigenvalue weighted by atomic mass is 9.96. The molecule has 22 heavy (non-hydrogen) atoms. The van der Waals surface area contributed by atoms with E-state index in [1.54, 1.807) is 6.07 Å². The maximum Gasteiger partial charge on any atom is 0.419 e. The van der Waals surface area contributed by atoms with Crippen molar-refractivity contribution in [3.05, 3.63) is 63.1 Å². The number of nitriles is 1. The number of halogens is 6. The Kier molecular flexibility index (Phi) is 4.59. The van der Waals surface area contributed by atoms with Crippen LogP contribution in [0.3, 0.4) is 0 Å². The summed E-state index contributed by atoms with van der Waals surface area (Å²) in [6.07, 6.45) is -4.66. The molecule has 1 aromatic heterocycles. The predicted octanol–water partition coefficient (Wildman–Crippen LogP) is 5.20. The van der Waals surface area contributed by atoms with Crippen molar-refractivity contribution in [1.29, 1.82) is 5.26 Å². The topological polar surface area (TPSA) is 36.7 Å². The molecule has 0 spiro atoms. The second kappa shape index (κ2) is 6.11. The molecular formula is C14H6Cl2F4N2. The average molecular weight is 349 g/mol. The van der Waals surface area contributed by atoms with Crippen LogP contribution in [0.4, 0.5) is 17.6 Å². The van der Waals surface area contributed by atoms with Gasteiger partial charge in [0.1, 0.15) is 16.9 Å². The van der Waals surface area contributed by atoms with E-state index in [0.29, 0.717) is 6.07 Å². The normalized spacial score (nSPS) is 12.8. The summed E-state index contributed by atoms with van der Waals surface area (Å²) in [7, 11) is 0. The van der Waals surface area contributed by atoms with Gasteiger partial charge >= 0.3 is 6.18 Å². The van der Waals surface area contributed by atoms with Gasteiger partial charge in [-0.15, -0.1) is 0 Å². The van der Waals surface area contributed by atoms with Gasteiger partial charge in [-0.1, -0.05) is 29.3 Å². The highest BCUT2D eigenvalue weighted by molar-refractivity contribution is 6.30. The highest BCUT2D eigenvalue weighted by Gasteiger charge is 2.34. The summed E-state index contributed by atoms with van der Waals surface area (Å²) >= 11 is 11.1. The van der Waals surface area contributed by atoms with E-state index in [0.717, 1.165) is 12.1 Å². The third-order valence-electron chi connectivity index (χ3n) is 2.87. The standard InChI is InChI=1S/C14H6Cl2F4N2/c15-7-1-2-8(11(17)5-7)9(6-21)12-4-3-10(13(16)22-12)14(18,19)20/h1-5,9H/t9-/m0/s1. The molecule has 2 aromatic rings. The highest BCUT2D eigenvalue weighted by atomic mass is 35.5. The number of benzene rings is 1. The zero-order valence-corrected chi connectivity index (χ0v) is 12.1. The predicted molar refractivity (Wildman–Crippen MR) is 73.1 cm³/mol. The molecule has 0 fully saturated rings. The summed E-state index contributed by atoms with van der Waals surface area (Å²) in [6.45, 7) is 0. The molecule has 114 valence electrons. The van der Waals surface area contributed by atoms with Crippen molar-refractivity contribution in [2.75, 3.05) is 0 Å². The largest absolute Gasteiger partial charge is 0.419 e. The van der Waals surface area contributed by atoms with Gasteiger partial charge in [0.2, 0.25) is 0 Å². The number of rotatable bonds is 2. The molecule has 0 aliphatic rings. The lowest BCUT2D eigenvalue weighted by Crippen LogP contribution is -2.10. The van der Waals surface area contributed by atoms with Crippen LogP contribution in [-0.2, 0) is 6.18 Å². The fraction of sp³-hybridized carbons (Fsp3) is 0.143. The molecule has 0 unspecified atom stereocenters. The Morgan fingerprint density at radius 1 is 1.14 bits per heavy atom. The Bertz CT molecular complexity index is 753. The maximum absolute atomic E-state index is 13.9. The number of hydrogen-bond acceptors (Lipinski definition) is 2. The van der Waals surface area contributed by atoms with Gasteiger partial charge in [-0.25, -0.2) is 9.37 Å². The van der Waals surface area contributed by atoms with Crippen LogP contribution in [0.25, 0.3) is 0 Å². The average Bonchev–Trinajstić information content (AvgIpc) is 2.40. The number of alkyl halides is 3. The molecule has 0 aliphatic carbocycles. The molecule has 0 amide bonds. The third-order valence-corrected chi connectivity index (χ3v) is 3.40. The monoisotopic (exact) mass is 348 g/mol. The van der Waals surface area contributed by atoms with E-state index in [2.05, 4.69) is 4.98 Å². The maximum atomic E-state index is 13.9. The zero-order chi connectivity index (χ0) is 16.5. The van der Waals surface area contributed by atoms with Gasteiger partial charge in [0, 0.05) is 10.6 Å². The van der Waals surface area contributed by atoms with Gasteiger partial charge in [0.15, 0.2) is 0 Å². The molecule has 0 N–H and O–H groups in total. The highest BCUT2D eigenvalue weighted by Crippen LogP contribution is 2.35. The fourth-order valence-electron chi connectivity index (χ4n) is 1.85. The van der Waals surface area contributed by atoms with Gasteiger partial charge in [-0.05, 0) is 24.3 Å². The Labute approximate surface area is 132 Å². The van der Waals surface area contributed by atoms with Crippen molar-refractivity contribution < 1.29 is 17.6 Å². The molecule has 0 saturated heterocycles. The Morgan fingerprint density at radius 2 is 1.82 bits per heavy atom. The minimum absolute atomic E-state index is 0.0461. The number of aromatic nitrogens is 1. The Morgan fingerprint density at radius 3 is 2.32 bits per heavy atom. The van der Waals surface area contributed by atoms with E-state index in [9.17, 15) is 22.8 Å². The zero-order valence-electron chi connectivity index (χ0n) is 10.6. The smallest absolute Gasteiger partial charge is 0.239 e. The van der Waals surface area contributed by atoms with Crippen LogP contribution in [-0.4, -0.2) is 4.98 Å². The van der Waals surface area contributed by atoms with Crippen molar-refractivity contribution in [2.24, 2.45) is 0 Å². The van der Waals surface area contributed by atoms with E-state index < -0.39 is 28.6 Å². The fourth-order valence-corrected chi connectivity index (χ4v) is 2.28. The molecule has 1 aromatic carbocycles. The Balaban J connectivity index is 2.49. The number of pyridine rings is 1. The summed E-state index contributed by atoms with van der Waals surface area (Å²) in [5, 5.41) is 8.54. The first-order valence-corrected chi connectivity index (χ1v) is 6.58. The van der Waals surface area contributed by atoms with Crippen molar-refractivity contribution in [1.82, 2.24) is 4.98 Å². The lowest BCUT2D eigenvalue weighted by molar-refractivity contribution is -0.137. The summed E-state index contributed by atoms with van der Waals surface area (Å²) in [5.41, 5.74) is -1.25. The van der Waals surface area contributed by atoms with Gasteiger partial charge in [-0.3, -0.25) is 0 Å². The first-order valence-electron chi connectivity index (χ1n) is 5.82. The van der Waals surface area contributed by atoms with Crippen LogP contribution < -0.4 is 0 Å². The SMILES string of the molecule is N#C[C@H](c1ccc(C(F)(F)F)c(Cl)n1)c1ccc(Cl)cc1F. The van der Waals surface area contributed by atoms with Crippen LogP contribution in [0.1, 0.15) is 22.7 Å². The second-order valence-electron chi connectivity index (χ2n) is 4.30. The van der Waals surface area contributed by atoms with E-state index in [1.807, 2.05) is 0 Å². The van der Waals surface area contributed by atoms with Gasteiger partial charge in [0.25, 0.3) is 0 Å². The van der Waals surface area contributed by atoms with E-state index in [4.69, 9.17) is 23.2 Å². The van der Waals surface area contributed by atoms with Gasteiger partial charge in [0.05, 0.1) is 17.3 Å². The van der Waals surface area contributed by atoms with E-state index in [1.165, 1.54) is 12.1 Å². The molecule has 0 radical (unpaired) electrons. The number of nitrogens with zero attached hydrogens (tertiary/aromatic N) is 2. The first kappa shape index (κ1) is 16.5. The lowest BCUT2D eigenvalue weighted by Gasteiger charge is -2.13. The van der Waals surface area contributed by atoms with E-state index in [-0.39, 0.29) is 16.3 Å². The van der Waals surface area contributed by atoms with Crippen LogP contribution in [0.2, 0.25) is 10.2 Å². The van der Waals surface area contributed by atoms with Crippen LogP contribution in [0, 0.1) is 17.1 Å². The minimum atomic E-state index is -4.66. The van der Waals surface area contributed by atoms with Crippen LogP contribution in [0.15, 0.2) is 30.3 Å². The summed E-state index contributed by atoms with van der Waals surface area (Å²) in [4.78, 5) is 3.57.